The molecule has 0 aliphatic rings. The summed E-state index contributed by atoms with van der Waals surface area (Å²) in [4.78, 5) is 20.2. The Balaban J connectivity index is 2.08. The standard InChI is InChI=1S/C12H15N5O2/c1-7(11-15-8(2)16-17-11)14-12(18)10-6-9(19-3)4-5-13-10/h4-7H,1-3H3,(H,14,18)(H,15,16,17)/t7-/m0/s1. The van der Waals surface area contributed by atoms with E-state index in [0.29, 0.717) is 23.1 Å². The number of pyridine rings is 1. The van der Waals surface area contributed by atoms with Crippen LogP contribution in [0.3, 0.4) is 0 Å². The molecule has 7 heteroatoms. The van der Waals surface area contributed by atoms with E-state index in [4.69, 9.17) is 4.74 Å². The van der Waals surface area contributed by atoms with E-state index in [1.165, 1.54) is 13.3 Å². The minimum atomic E-state index is -0.301. The average Bonchev–Trinajstić information content (AvgIpc) is 2.85. The Hall–Kier alpha value is -2.44. The number of rotatable bonds is 4. The number of carbonyl (C=O) groups excluding carboxylic acids is 1. The van der Waals surface area contributed by atoms with Crippen LogP contribution in [0.4, 0.5) is 0 Å². The molecular formula is C12H15N5O2. The second-order valence-corrected chi connectivity index (χ2v) is 4.06. The predicted molar refractivity (Wildman–Crippen MR) is 67.8 cm³/mol. The van der Waals surface area contributed by atoms with Gasteiger partial charge in [0, 0.05) is 12.3 Å². The molecule has 2 heterocycles. The number of carbonyl (C=O) groups is 1. The number of methoxy groups -OCH3 is 1. The average molecular weight is 261 g/mol. The van der Waals surface area contributed by atoms with Crippen LogP contribution in [0.2, 0.25) is 0 Å². The number of nitrogens with one attached hydrogen (secondary N) is 2. The maximum Gasteiger partial charge on any atom is 0.270 e. The Morgan fingerprint density at radius 3 is 2.95 bits per heavy atom. The van der Waals surface area contributed by atoms with Gasteiger partial charge in [-0.3, -0.25) is 14.9 Å². The topological polar surface area (TPSA) is 92.8 Å². The van der Waals surface area contributed by atoms with Gasteiger partial charge in [-0.15, -0.1) is 0 Å². The second-order valence-electron chi connectivity index (χ2n) is 4.06. The highest BCUT2D eigenvalue weighted by atomic mass is 16.5. The molecule has 0 aliphatic carbocycles. The first-order chi connectivity index (χ1) is 9.10. The largest absolute Gasteiger partial charge is 0.497 e. The van der Waals surface area contributed by atoms with E-state index in [1.54, 1.807) is 26.0 Å². The quantitative estimate of drug-likeness (QED) is 0.856. The van der Waals surface area contributed by atoms with E-state index < -0.39 is 0 Å². The van der Waals surface area contributed by atoms with Gasteiger partial charge in [-0.25, -0.2) is 4.98 Å². The van der Waals surface area contributed by atoms with Gasteiger partial charge >= 0.3 is 0 Å². The highest BCUT2D eigenvalue weighted by Crippen LogP contribution is 2.12. The highest BCUT2D eigenvalue weighted by molar-refractivity contribution is 5.92. The van der Waals surface area contributed by atoms with Crippen molar-refractivity contribution in [1.29, 1.82) is 0 Å². The molecule has 1 atom stereocenters. The maximum absolute atomic E-state index is 12.0. The molecule has 0 fully saturated rings. The van der Waals surface area contributed by atoms with Gasteiger partial charge in [-0.05, 0) is 19.9 Å². The molecule has 19 heavy (non-hydrogen) atoms. The molecule has 0 radical (unpaired) electrons. The van der Waals surface area contributed by atoms with Gasteiger partial charge in [0.15, 0.2) is 5.82 Å². The third-order valence-corrected chi connectivity index (χ3v) is 2.55. The highest BCUT2D eigenvalue weighted by Gasteiger charge is 2.16. The normalized spacial score (nSPS) is 11.9. The zero-order valence-electron chi connectivity index (χ0n) is 11.0. The van der Waals surface area contributed by atoms with Crippen LogP contribution in [0.1, 0.15) is 35.1 Å². The summed E-state index contributed by atoms with van der Waals surface area (Å²) in [6, 6.07) is 2.95. The van der Waals surface area contributed by atoms with Gasteiger partial charge < -0.3 is 10.1 Å². The summed E-state index contributed by atoms with van der Waals surface area (Å²) < 4.78 is 5.05. The van der Waals surface area contributed by atoms with Crippen molar-refractivity contribution in [2.24, 2.45) is 0 Å². The fourth-order valence-electron chi connectivity index (χ4n) is 1.55. The van der Waals surface area contributed by atoms with Crippen molar-refractivity contribution in [3.8, 4) is 5.75 Å². The van der Waals surface area contributed by atoms with Crippen LogP contribution >= 0.6 is 0 Å². The van der Waals surface area contributed by atoms with Crippen molar-refractivity contribution < 1.29 is 9.53 Å². The molecule has 7 nitrogen and oxygen atoms in total. The Labute approximate surface area is 110 Å². The third kappa shape index (κ3) is 3.06. The van der Waals surface area contributed by atoms with Crippen molar-refractivity contribution >= 4 is 5.91 Å². The second kappa shape index (κ2) is 5.47. The van der Waals surface area contributed by atoms with Crippen molar-refractivity contribution in [2.45, 2.75) is 19.9 Å². The van der Waals surface area contributed by atoms with E-state index >= 15 is 0 Å². The van der Waals surface area contributed by atoms with Crippen LogP contribution in [-0.2, 0) is 0 Å². The molecule has 1 amide bonds. The number of aryl methyl sites for hydroxylation is 1. The summed E-state index contributed by atoms with van der Waals surface area (Å²) in [7, 11) is 1.54. The summed E-state index contributed by atoms with van der Waals surface area (Å²) in [6.45, 7) is 3.61. The summed E-state index contributed by atoms with van der Waals surface area (Å²) in [5.41, 5.74) is 0.290. The third-order valence-electron chi connectivity index (χ3n) is 2.55. The van der Waals surface area contributed by atoms with Crippen molar-refractivity contribution in [3.05, 3.63) is 35.7 Å². The first-order valence-electron chi connectivity index (χ1n) is 5.80. The number of nitrogens with zero attached hydrogens (tertiary/aromatic N) is 3. The first kappa shape index (κ1) is 13.0. The molecule has 2 rings (SSSR count). The Morgan fingerprint density at radius 1 is 1.53 bits per heavy atom. The number of H-pyrrole nitrogens is 1. The molecule has 0 aromatic carbocycles. The minimum absolute atomic E-state index is 0.290. The predicted octanol–water partition coefficient (Wildman–Crippen LogP) is 1.01. The van der Waals surface area contributed by atoms with E-state index in [-0.39, 0.29) is 11.9 Å². The Morgan fingerprint density at radius 2 is 2.32 bits per heavy atom. The smallest absolute Gasteiger partial charge is 0.270 e. The van der Waals surface area contributed by atoms with Crippen LogP contribution in [0, 0.1) is 6.92 Å². The fraction of sp³-hybridized carbons (Fsp3) is 0.333. The minimum Gasteiger partial charge on any atom is -0.497 e. The molecular weight excluding hydrogens is 246 g/mol. The SMILES string of the molecule is COc1ccnc(C(=O)N[C@@H](C)c2n[nH]c(C)n2)c1. The van der Waals surface area contributed by atoms with Gasteiger partial charge in [-0.1, -0.05) is 0 Å². The van der Waals surface area contributed by atoms with Crippen LogP contribution < -0.4 is 10.1 Å². The van der Waals surface area contributed by atoms with Crippen LogP contribution in [0.15, 0.2) is 18.3 Å². The molecule has 2 aromatic heterocycles. The summed E-state index contributed by atoms with van der Waals surface area (Å²) in [5, 5.41) is 9.51. The van der Waals surface area contributed by atoms with E-state index in [0.717, 1.165) is 0 Å². The molecule has 2 N–H and O–H groups in total. The van der Waals surface area contributed by atoms with E-state index in [1.807, 2.05) is 0 Å². The number of hydrogen-bond donors (Lipinski definition) is 2. The monoisotopic (exact) mass is 261 g/mol. The molecule has 100 valence electrons. The van der Waals surface area contributed by atoms with Crippen LogP contribution in [-0.4, -0.2) is 33.2 Å². The van der Waals surface area contributed by atoms with Gasteiger partial charge in [0.05, 0.1) is 13.2 Å². The molecule has 0 saturated heterocycles. The van der Waals surface area contributed by atoms with Crippen molar-refractivity contribution in [2.75, 3.05) is 7.11 Å². The lowest BCUT2D eigenvalue weighted by atomic mass is 10.2. The fourth-order valence-corrected chi connectivity index (χ4v) is 1.55. The zero-order valence-corrected chi connectivity index (χ0v) is 11.0. The lowest BCUT2D eigenvalue weighted by molar-refractivity contribution is 0.0933. The van der Waals surface area contributed by atoms with Gasteiger partial charge in [-0.2, -0.15) is 5.10 Å². The molecule has 2 aromatic rings. The number of aromatic amines is 1. The Bertz CT molecular complexity index is 581. The lowest BCUT2D eigenvalue weighted by Crippen LogP contribution is -2.28. The van der Waals surface area contributed by atoms with Crippen LogP contribution in [0.5, 0.6) is 5.75 Å². The van der Waals surface area contributed by atoms with Crippen molar-refractivity contribution in [1.82, 2.24) is 25.5 Å². The molecule has 0 spiro atoms. The first-order valence-corrected chi connectivity index (χ1v) is 5.80. The number of amides is 1. The number of aromatic nitrogens is 4. The summed E-state index contributed by atoms with van der Waals surface area (Å²) in [6.07, 6.45) is 1.52. The number of hydrogen-bond acceptors (Lipinski definition) is 5. The molecule has 0 aliphatic heterocycles. The van der Waals surface area contributed by atoms with Gasteiger partial charge in [0.25, 0.3) is 5.91 Å². The van der Waals surface area contributed by atoms with E-state index in [9.17, 15) is 4.79 Å². The maximum atomic E-state index is 12.0. The molecule has 0 saturated carbocycles. The van der Waals surface area contributed by atoms with Crippen LogP contribution in [0.25, 0.3) is 0 Å². The molecule has 0 unspecified atom stereocenters. The zero-order chi connectivity index (χ0) is 13.8. The van der Waals surface area contributed by atoms with Gasteiger partial charge in [0.2, 0.25) is 0 Å². The van der Waals surface area contributed by atoms with Gasteiger partial charge in [0.1, 0.15) is 17.3 Å². The Kier molecular flexibility index (Phi) is 3.74. The summed E-state index contributed by atoms with van der Waals surface area (Å²) in [5.74, 6) is 1.53. The van der Waals surface area contributed by atoms with E-state index in [2.05, 4.69) is 25.5 Å². The van der Waals surface area contributed by atoms with Crippen molar-refractivity contribution in [3.63, 3.8) is 0 Å². The lowest BCUT2D eigenvalue weighted by Gasteiger charge is -2.10. The number of ether oxygens (including phenoxy) is 1. The molecule has 0 bridgehead atoms. The summed E-state index contributed by atoms with van der Waals surface area (Å²) >= 11 is 0.